The van der Waals surface area contributed by atoms with Crippen molar-refractivity contribution in [1.29, 1.82) is 5.26 Å². The van der Waals surface area contributed by atoms with Crippen molar-refractivity contribution in [2.75, 3.05) is 0 Å². The van der Waals surface area contributed by atoms with Gasteiger partial charge in [0.1, 0.15) is 17.4 Å². The van der Waals surface area contributed by atoms with Gasteiger partial charge in [-0.2, -0.15) is 10.3 Å². The lowest BCUT2D eigenvalue weighted by Gasteiger charge is -2.14. The Morgan fingerprint density at radius 2 is 1.97 bits per heavy atom. The Kier molecular flexibility index (Phi) is 7.23. The Balaban J connectivity index is 1.94. The van der Waals surface area contributed by atoms with Crippen LogP contribution in [0.3, 0.4) is 0 Å². The van der Waals surface area contributed by atoms with E-state index in [0.717, 1.165) is 30.4 Å². The topological polar surface area (TPSA) is 92.5 Å². The number of rotatable bonds is 6. The second-order valence-electron chi connectivity index (χ2n) is 8.23. The Bertz CT molecular complexity index is 1620. The van der Waals surface area contributed by atoms with Gasteiger partial charge in [-0.15, -0.1) is 0 Å². The predicted molar refractivity (Wildman–Crippen MR) is 137 cm³/mol. The molecule has 0 fully saturated rings. The van der Waals surface area contributed by atoms with Gasteiger partial charge in [0, 0.05) is 23.8 Å². The maximum Gasteiger partial charge on any atom is 0.271 e. The fourth-order valence-electron chi connectivity index (χ4n) is 3.90. The van der Waals surface area contributed by atoms with Gasteiger partial charge in [0.2, 0.25) is 0 Å². The van der Waals surface area contributed by atoms with Gasteiger partial charge in [0.25, 0.3) is 11.5 Å². The third-order valence-electron chi connectivity index (χ3n) is 5.72. The molecule has 4 rings (SSSR count). The fourth-order valence-corrected chi connectivity index (χ4v) is 4.03. The van der Waals surface area contributed by atoms with Crippen molar-refractivity contribution in [3.05, 3.63) is 92.3 Å². The summed E-state index contributed by atoms with van der Waals surface area (Å²) in [4.78, 5) is 35.1. The third kappa shape index (κ3) is 5.08. The number of carbonyl (C=O) groups excluding carboxylic acids is 1. The number of fused-ring (bicyclic) bond motifs is 2. The fraction of sp³-hybridized carbons (Fsp3) is 0.222. The maximum absolute atomic E-state index is 13.3. The molecular weight excluding hydrogens is 462 g/mol. The van der Waals surface area contributed by atoms with E-state index in [2.05, 4.69) is 18.0 Å². The summed E-state index contributed by atoms with van der Waals surface area (Å²) in [7, 11) is 0. The van der Waals surface area contributed by atoms with Gasteiger partial charge in [-0.25, -0.2) is 4.98 Å². The number of hydrogen-bond donors (Lipinski definition) is 0. The van der Waals surface area contributed by atoms with Crippen LogP contribution >= 0.6 is 11.6 Å². The molecule has 0 saturated carbocycles. The number of carbonyl (C=O) groups is 1. The first kappa shape index (κ1) is 24.1. The first-order valence-corrected chi connectivity index (χ1v) is 11.8. The van der Waals surface area contributed by atoms with Crippen LogP contribution in [0.4, 0.5) is 0 Å². The van der Waals surface area contributed by atoms with Gasteiger partial charge in [0.15, 0.2) is 5.49 Å². The van der Waals surface area contributed by atoms with Crippen LogP contribution in [0.25, 0.3) is 22.8 Å². The molecule has 0 aliphatic rings. The number of benzene rings is 1. The molecule has 0 N–H and O–H groups in total. The Hall–Kier alpha value is -4.02. The lowest BCUT2D eigenvalue weighted by molar-refractivity contribution is -0.113. The maximum atomic E-state index is 13.3. The minimum Gasteiger partial charge on any atom is -0.309 e. The first-order chi connectivity index (χ1) is 16.9. The summed E-state index contributed by atoms with van der Waals surface area (Å²) in [5.74, 6) is -0.520. The van der Waals surface area contributed by atoms with Crippen molar-refractivity contribution < 1.29 is 4.79 Å². The molecule has 3 heterocycles. The van der Waals surface area contributed by atoms with E-state index in [1.165, 1.54) is 16.5 Å². The van der Waals surface area contributed by atoms with Crippen LogP contribution in [0, 0.1) is 18.3 Å². The zero-order chi connectivity index (χ0) is 24.9. The number of hydrogen-bond acceptors (Lipinski definition) is 4. The van der Waals surface area contributed by atoms with Crippen LogP contribution in [0.5, 0.6) is 0 Å². The minimum atomic E-state index is -0.520. The first-order valence-electron chi connectivity index (χ1n) is 11.4. The highest BCUT2D eigenvalue weighted by molar-refractivity contribution is 6.30. The number of aromatic nitrogens is 3. The monoisotopic (exact) mass is 485 g/mol. The van der Waals surface area contributed by atoms with E-state index >= 15 is 0 Å². The SMILES string of the molecule is CCCCCn1c(=NC(=O)C=Cc2ccc(Cl)cc2)c(C#N)cc2c(=O)n3cccc(C)c3nc21. The molecule has 1 amide bonds. The van der Waals surface area contributed by atoms with Gasteiger partial charge in [0.05, 0.1) is 10.9 Å². The average molecular weight is 486 g/mol. The Labute approximate surface area is 207 Å². The highest BCUT2D eigenvalue weighted by atomic mass is 35.5. The van der Waals surface area contributed by atoms with Crippen LogP contribution in [0.2, 0.25) is 5.02 Å². The molecule has 0 bridgehead atoms. The number of amides is 1. The van der Waals surface area contributed by atoms with E-state index in [1.807, 2.05) is 13.0 Å². The highest BCUT2D eigenvalue weighted by Crippen LogP contribution is 2.14. The highest BCUT2D eigenvalue weighted by Gasteiger charge is 2.15. The predicted octanol–water partition coefficient (Wildman–Crippen LogP) is 4.81. The molecule has 0 aliphatic heterocycles. The van der Waals surface area contributed by atoms with Gasteiger partial charge in [-0.1, -0.05) is 49.6 Å². The van der Waals surface area contributed by atoms with Crippen LogP contribution < -0.4 is 11.0 Å². The number of halogens is 1. The zero-order valence-electron chi connectivity index (χ0n) is 19.5. The normalized spacial score (nSPS) is 12.0. The molecule has 0 spiro atoms. The number of pyridine rings is 2. The van der Waals surface area contributed by atoms with Crippen molar-refractivity contribution in [3.63, 3.8) is 0 Å². The summed E-state index contributed by atoms with van der Waals surface area (Å²) in [5.41, 5.74) is 2.66. The summed E-state index contributed by atoms with van der Waals surface area (Å²) in [6, 6.07) is 14.3. The third-order valence-corrected chi connectivity index (χ3v) is 5.97. The largest absolute Gasteiger partial charge is 0.309 e. The summed E-state index contributed by atoms with van der Waals surface area (Å²) < 4.78 is 3.21. The molecule has 8 heteroatoms. The quantitative estimate of drug-likeness (QED) is 0.222. The minimum absolute atomic E-state index is 0.147. The van der Waals surface area contributed by atoms with Gasteiger partial charge < -0.3 is 4.57 Å². The van der Waals surface area contributed by atoms with Gasteiger partial charge in [-0.3, -0.25) is 14.0 Å². The number of nitrogens with zero attached hydrogens (tertiary/aromatic N) is 5. The molecule has 4 aromatic rings. The molecule has 0 radical (unpaired) electrons. The van der Waals surface area contributed by atoms with Crippen molar-refractivity contribution >= 4 is 40.3 Å². The number of unbranched alkanes of at least 4 members (excludes halogenated alkanes) is 2. The Morgan fingerprint density at radius 3 is 2.69 bits per heavy atom. The van der Waals surface area contributed by atoms with Crippen molar-refractivity contribution in [2.24, 2.45) is 4.99 Å². The van der Waals surface area contributed by atoms with Crippen LogP contribution in [-0.4, -0.2) is 19.9 Å². The molecular formula is C27H24ClN5O2. The van der Waals surface area contributed by atoms with E-state index in [4.69, 9.17) is 16.6 Å². The molecule has 0 aliphatic carbocycles. The van der Waals surface area contributed by atoms with Crippen molar-refractivity contribution in [1.82, 2.24) is 14.0 Å². The smallest absolute Gasteiger partial charge is 0.271 e. The summed E-state index contributed by atoms with van der Waals surface area (Å²) >= 11 is 5.92. The lowest BCUT2D eigenvalue weighted by atomic mass is 10.2. The van der Waals surface area contributed by atoms with Gasteiger partial charge >= 0.3 is 0 Å². The van der Waals surface area contributed by atoms with Crippen LogP contribution in [0.1, 0.15) is 42.9 Å². The van der Waals surface area contributed by atoms with E-state index in [-0.39, 0.29) is 16.6 Å². The molecule has 35 heavy (non-hydrogen) atoms. The molecule has 1 aromatic carbocycles. The average Bonchev–Trinajstić information content (AvgIpc) is 2.85. The van der Waals surface area contributed by atoms with E-state index in [9.17, 15) is 14.9 Å². The van der Waals surface area contributed by atoms with Crippen molar-refractivity contribution in [2.45, 2.75) is 39.7 Å². The zero-order valence-corrected chi connectivity index (χ0v) is 20.3. The lowest BCUT2D eigenvalue weighted by Crippen LogP contribution is -2.29. The van der Waals surface area contributed by atoms with Crippen LogP contribution in [0.15, 0.2) is 64.5 Å². The molecule has 176 valence electrons. The molecule has 0 atom stereocenters. The van der Waals surface area contributed by atoms with Crippen molar-refractivity contribution in [3.8, 4) is 6.07 Å². The van der Waals surface area contributed by atoms with E-state index < -0.39 is 5.91 Å². The van der Waals surface area contributed by atoms with E-state index in [0.29, 0.717) is 28.2 Å². The summed E-state index contributed by atoms with van der Waals surface area (Å²) in [5, 5.41) is 10.8. The second kappa shape index (κ2) is 10.5. The standard InChI is InChI=1S/C27H24ClN5O2/c1-3-4-5-14-32-25(30-23(34)13-10-19-8-11-21(28)12-9-19)20(17-29)16-22-26(32)31-24-18(2)7-6-15-33(24)27(22)35/h6-13,15-16H,3-5,14H2,1-2H3. The molecule has 7 nitrogen and oxygen atoms in total. The molecule has 3 aromatic heterocycles. The summed E-state index contributed by atoms with van der Waals surface area (Å²) in [6.07, 6.45) is 7.37. The van der Waals surface area contributed by atoms with E-state index in [1.54, 1.807) is 47.2 Å². The number of nitriles is 1. The molecule has 0 unspecified atom stereocenters. The molecule has 0 saturated heterocycles. The van der Waals surface area contributed by atoms with Crippen LogP contribution in [-0.2, 0) is 11.3 Å². The summed E-state index contributed by atoms with van der Waals surface area (Å²) in [6.45, 7) is 4.45. The second-order valence-corrected chi connectivity index (χ2v) is 8.66. The Morgan fingerprint density at radius 1 is 1.20 bits per heavy atom. The van der Waals surface area contributed by atoms with Gasteiger partial charge in [-0.05, 0) is 54.8 Å². The number of aryl methyl sites for hydroxylation is 2.